The Labute approximate surface area is 285 Å². The number of fused-ring (bicyclic) bond motifs is 3. The van der Waals surface area contributed by atoms with Gasteiger partial charge in [0.2, 0.25) is 0 Å². The molecule has 1 heterocycles. The normalized spacial score (nSPS) is 22.1. The van der Waals surface area contributed by atoms with Gasteiger partial charge in [0.05, 0.1) is 0 Å². The van der Waals surface area contributed by atoms with Crippen LogP contribution >= 0.6 is 0 Å². The second-order valence-electron chi connectivity index (χ2n) is 11.0. The molecule has 3 heteroatoms. The molecule has 11 radical (unpaired) electrons. The summed E-state index contributed by atoms with van der Waals surface area (Å²) in [6, 6.07) is 15.9. The standard InChI is InChI=1S/C13H9O.2C10H15.C4H8O.Yb/c14-13-11-7-3-1-5-9(11)10-6-2-4-8-12(10)13;2*1-6-7(2)9(4)10(5)8(6)3;1-2-4-5-3-1;/h1-8,14H;2*1-5H3;1-4H2;. The van der Waals surface area contributed by atoms with E-state index in [0.29, 0.717) is 6.10 Å². The Kier molecular flexibility index (Phi) is 15.0. The van der Waals surface area contributed by atoms with Gasteiger partial charge in [0.1, 0.15) is 0 Å². The predicted octanol–water partition coefficient (Wildman–Crippen LogP) is 9.71. The van der Waals surface area contributed by atoms with Crippen molar-refractivity contribution in [2.75, 3.05) is 13.2 Å². The first-order valence-electron chi connectivity index (χ1n) is 14.2. The van der Waals surface area contributed by atoms with Crippen LogP contribution in [-0.4, -0.2) is 18.3 Å². The van der Waals surface area contributed by atoms with E-state index in [1.807, 2.05) is 48.5 Å². The SMILES string of the molecule is C1CCOC1.C[C]1[C](C)[C](C)[C](C)[C]1C.C[C]1[C](C)[C](C)[C](C)[C]1C.O[C]1c2ccccc2-c2ccccc21.[Yb]. The van der Waals surface area contributed by atoms with Crippen LogP contribution in [0.15, 0.2) is 48.5 Å². The molecule has 0 bridgehead atoms. The molecule has 2 saturated carbocycles. The van der Waals surface area contributed by atoms with Crippen molar-refractivity contribution >= 4 is 0 Å². The molecule has 3 fully saturated rings. The molecule has 1 aliphatic heterocycles. The molecule has 40 heavy (non-hydrogen) atoms. The summed E-state index contributed by atoms with van der Waals surface area (Å²) >= 11 is 0. The molecule has 0 aromatic heterocycles. The predicted molar refractivity (Wildman–Crippen MR) is 164 cm³/mol. The molecule has 221 valence electrons. The maximum atomic E-state index is 9.95. The summed E-state index contributed by atoms with van der Waals surface area (Å²) in [4.78, 5) is 0. The Balaban J connectivity index is 0.000000195. The fourth-order valence-electron chi connectivity index (χ4n) is 5.32. The van der Waals surface area contributed by atoms with Crippen molar-refractivity contribution in [2.24, 2.45) is 0 Å². The Hall–Kier alpha value is -0.121. The van der Waals surface area contributed by atoms with Crippen molar-refractivity contribution in [1.29, 1.82) is 0 Å². The summed E-state index contributed by atoms with van der Waals surface area (Å²) in [7, 11) is 0. The van der Waals surface area contributed by atoms with Crippen LogP contribution in [-0.2, 0) is 4.74 Å². The molecule has 1 N–H and O–H groups in total. The maximum absolute atomic E-state index is 9.95. The quantitative estimate of drug-likeness (QED) is 0.297. The van der Waals surface area contributed by atoms with Crippen molar-refractivity contribution in [3.63, 3.8) is 0 Å². The van der Waals surface area contributed by atoms with E-state index in [0.717, 1.165) is 35.5 Å². The van der Waals surface area contributed by atoms with Gasteiger partial charge in [0.15, 0.2) is 6.10 Å². The van der Waals surface area contributed by atoms with Crippen molar-refractivity contribution in [3.8, 4) is 11.1 Å². The maximum Gasteiger partial charge on any atom is 0.153 e. The minimum atomic E-state index is 0. The zero-order valence-electron chi connectivity index (χ0n) is 26.1. The number of hydrogen-bond donors (Lipinski definition) is 1. The molecule has 1 saturated heterocycles. The Bertz CT molecular complexity index is 844. The van der Waals surface area contributed by atoms with Gasteiger partial charge in [0, 0.05) is 60.1 Å². The third-order valence-corrected chi connectivity index (χ3v) is 9.11. The van der Waals surface area contributed by atoms with Crippen molar-refractivity contribution in [3.05, 3.63) is 125 Å². The van der Waals surface area contributed by atoms with Crippen LogP contribution < -0.4 is 0 Å². The first-order valence-corrected chi connectivity index (χ1v) is 14.2. The van der Waals surface area contributed by atoms with Crippen LogP contribution in [0, 0.1) is 112 Å². The van der Waals surface area contributed by atoms with Gasteiger partial charge in [-0.15, -0.1) is 0 Å². The molecule has 0 atom stereocenters. The van der Waals surface area contributed by atoms with Gasteiger partial charge in [-0.1, -0.05) is 118 Å². The van der Waals surface area contributed by atoms with Crippen LogP contribution in [0.2, 0.25) is 0 Å². The van der Waals surface area contributed by atoms with E-state index in [-0.39, 0.29) is 46.9 Å². The third kappa shape index (κ3) is 8.28. The Morgan fingerprint density at radius 2 is 0.650 bits per heavy atom. The first-order chi connectivity index (χ1) is 18.5. The largest absolute Gasteiger partial charge is 0.381 e. The Morgan fingerprint density at radius 1 is 0.425 bits per heavy atom. The van der Waals surface area contributed by atoms with E-state index in [4.69, 9.17) is 4.74 Å². The average molecular weight is 697 g/mol. The van der Waals surface area contributed by atoms with Crippen LogP contribution in [0.5, 0.6) is 0 Å². The van der Waals surface area contributed by atoms with Crippen LogP contribution in [0.25, 0.3) is 11.1 Å². The monoisotopic (exact) mass is 697 g/mol. The van der Waals surface area contributed by atoms with Gasteiger partial charge in [-0.25, -0.2) is 0 Å². The molecule has 4 aliphatic rings. The molecule has 6 rings (SSSR count). The molecule has 2 aromatic rings. The number of benzene rings is 2. The van der Waals surface area contributed by atoms with Gasteiger partial charge in [0.25, 0.3) is 0 Å². The number of aliphatic hydroxyl groups is 1. The van der Waals surface area contributed by atoms with Crippen molar-refractivity contribution in [2.45, 2.75) is 82.1 Å². The second-order valence-corrected chi connectivity index (χ2v) is 11.0. The van der Waals surface area contributed by atoms with Gasteiger partial charge in [-0.05, 0) is 94.3 Å². The van der Waals surface area contributed by atoms with E-state index in [1.165, 1.54) is 72.0 Å². The average Bonchev–Trinajstić information content (AvgIpc) is 3.71. The smallest absolute Gasteiger partial charge is 0.153 e. The Morgan fingerprint density at radius 3 is 0.850 bits per heavy atom. The topological polar surface area (TPSA) is 29.5 Å². The molecule has 2 aromatic carbocycles. The van der Waals surface area contributed by atoms with Gasteiger partial charge < -0.3 is 9.84 Å². The zero-order chi connectivity index (χ0) is 28.9. The molecule has 0 spiro atoms. The summed E-state index contributed by atoms with van der Waals surface area (Å²) in [5.41, 5.74) is 4.13. The van der Waals surface area contributed by atoms with Crippen molar-refractivity contribution < 1.29 is 56.8 Å². The summed E-state index contributed by atoms with van der Waals surface area (Å²) in [5, 5.41) is 9.95. The van der Waals surface area contributed by atoms with Crippen LogP contribution in [0.1, 0.15) is 93.2 Å². The molecule has 2 nitrogen and oxygen atoms in total. The summed E-state index contributed by atoms with van der Waals surface area (Å²) in [6.07, 6.45) is 2.95. The number of ether oxygens (including phenoxy) is 1. The molecular weight excluding hydrogens is 649 g/mol. The van der Waals surface area contributed by atoms with Crippen LogP contribution in [0.4, 0.5) is 0 Å². The molecule has 3 aliphatic carbocycles. The molecule has 0 amide bonds. The fourth-order valence-corrected chi connectivity index (χ4v) is 5.32. The summed E-state index contributed by atoms with van der Waals surface area (Å²) in [5.74, 6) is 14.7. The number of hydrogen-bond acceptors (Lipinski definition) is 2. The van der Waals surface area contributed by atoms with E-state index in [2.05, 4.69) is 69.2 Å². The third-order valence-electron chi connectivity index (χ3n) is 9.11. The van der Waals surface area contributed by atoms with E-state index >= 15 is 0 Å². The van der Waals surface area contributed by atoms with Gasteiger partial charge >= 0.3 is 0 Å². The van der Waals surface area contributed by atoms with Gasteiger partial charge in [-0.3, -0.25) is 0 Å². The minimum Gasteiger partial charge on any atom is -0.381 e. The van der Waals surface area contributed by atoms with E-state index < -0.39 is 0 Å². The zero-order valence-corrected chi connectivity index (χ0v) is 27.8. The number of rotatable bonds is 0. The molecular formula is C37H47O2Yb. The molecule has 0 unspecified atom stereocenters. The fraction of sp³-hybridized carbons (Fsp3) is 0.378. The summed E-state index contributed by atoms with van der Waals surface area (Å²) < 4.78 is 4.94. The van der Waals surface area contributed by atoms with E-state index in [9.17, 15) is 5.11 Å². The van der Waals surface area contributed by atoms with Gasteiger partial charge in [-0.2, -0.15) is 0 Å². The van der Waals surface area contributed by atoms with Crippen molar-refractivity contribution in [1.82, 2.24) is 0 Å². The first kappa shape index (κ1) is 36.1. The second kappa shape index (κ2) is 16.7. The van der Waals surface area contributed by atoms with E-state index in [1.54, 1.807) is 0 Å². The van der Waals surface area contributed by atoms with Crippen LogP contribution in [0.3, 0.4) is 0 Å². The minimum absolute atomic E-state index is 0. The number of aliphatic hydroxyl groups excluding tert-OH is 1. The summed E-state index contributed by atoms with van der Waals surface area (Å²) in [6.45, 7) is 24.0.